The number of piperidine rings is 1. The molecule has 192 valence electrons. The molecule has 0 aliphatic carbocycles. The van der Waals surface area contributed by atoms with Crippen molar-refractivity contribution in [3.63, 3.8) is 0 Å². The van der Waals surface area contributed by atoms with Gasteiger partial charge < -0.3 is 20.1 Å². The van der Waals surface area contributed by atoms with E-state index in [1.807, 2.05) is 36.4 Å². The van der Waals surface area contributed by atoms with E-state index in [9.17, 15) is 4.79 Å². The number of carboxylic acids is 1. The molecular weight excluding hydrogens is 490 g/mol. The van der Waals surface area contributed by atoms with Crippen molar-refractivity contribution in [2.75, 3.05) is 25.5 Å². The molecule has 5 rings (SSSR count). The number of hydrogen-bond acceptors (Lipinski definition) is 6. The number of halogens is 1. The van der Waals surface area contributed by atoms with Crippen LogP contribution in [0.5, 0.6) is 5.75 Å². The number of benzene rings is 2. The number of carbonyl (C=O) groups is 1. The predicted molar refractivity (Wildman–Crippen MR) is 145 cm³/mol. The molecule has 0 bridgehead atoms. The van der Waals surface area contributed by atoms with Crippen molar-refractivity contribution in [2.24, 2.45) is 0 Å². The zero-order valence-electron chi connectivity index (χ0n) is 20.7. The van der Waals surface area contributed by atoms with Crippen LogP contribution in [-0.2, 0) is 17.8 Å². The average Bonchev–Trinajstić information content (AvgIpc) is 3.35. The van der Waals surface area contributed by atoms with E-state index >= 15 is 0 Å². The third-order valence-electron chi connectivity index (χ3n) is 6.83. The number of H-pyrrole nitrogens is 1. The Morgan fingerprint density at radius 2 is 1.84 bits per heavy atom. The van der Waals surface area contributed by atoms with Gasteiger partial charge in [-0.15, -0.1) is 0 Å². The molecule has 4 aromatic rings. The van der Waals surface area contributed by atoms with Gasteiger partial charge in [0.05, 0.1) is 24.0 Å². The van der Waals surface area contributed by atoms with E-state index in [1.165, 1.54) is 5.56 Å². The van der Waals surface area contributed by atoms with Gasteiger partial charge in [0, 0.05) is 37.7 Å². The molecule has 3 N–H and O–H groups in total. The van der Waals surface area contributed by atoms with Crippen molar-refractivity contribution in [1.82, 2.24) is 19.9 Å². The molecule has 1 aliphatic heterocycles. The number of aromatic amines is 1. The first kappa shape index (κ1) is 25.0. The Kier molecular flexibility index (Phi) is 7.58. The summed E-state index contributed by atoms with van der Waals surface area (Å²) in [7, 11) is 1.68. The van der Waals surface area contributed by atoms with Crippen molar-refractivity contribution >= 4 is 34.4 Å². The minimum Gasteiger partial charge on any atom is -0.497 e. The van der Waals surface area contributed by atoms with Gasteiger partial charge in [0.15, 0.2) is 5.65 Å². The number of aromatic nitrogens is 3. The zero-order valence-corrected chi connectivity index (χ0v) is 21.5. The van der Waals surface area contributed by atoms with Crippen LogP contribution in [0.15, 0.2) is 54.7 Å². The summed E-state index contributed by atoms with van der Waals surface area (Å²) in [6, 6.07) is 16.3. The van der Waals surface area contributed by atoms with Gasteiger partial charge in [0.2, 0.25) is 0 Å². The highest BCUT2D eigenvalue weighted by atomic mass is 35.5. The lowest BCUT2D eigenvalue weighted by Crippen LogP contribution is -2.38. The van der Waals surface area contributed by atoms with Crippen LogP contribution >= 0.6 is 11.6 Å². The number of anilines is 1. The van der Waals surface area contributed by atoms with Gasteiger partial charge in [0.1, 0.15) is 17.1 Å². The minimum atomic E-state index is -0.799. The maximum atomic E-state index is 10.8. The Balaban J connectivity index is 1.25. The SMILES string of the molecule is COc1ccc(CN2CCC(Nc3c(Cl)cnc4nc(-c5ccc(CCC(=O)O)cc5)[nH]c34)CC2)cc1. The molecule has 0 saturated carbocycles. The summed E-state index contributed by atoms with van der Waals surface area (Å²) in [4.78, 5) is 25.8. The van der Waals surface area contributed by atoms with Crippen molar-refractivity contribution in [3.05, 3.63) is 70.9 Å². The molecule has 1 aliphatic rings. The van der Waals surface area contributed by atoms with Crippen LogP contribution in [0, 0.1) is 0 Å². The monoisotopic (exact) mass is 519 g/mol. The van der Waals surface area contributed by atoms with Crippen LogP contribution in [-0.4, -0.2) is 57.2 Å². The summed E-state index contributed by atoms with van der Waals surface area (Å²) in [6.45, 7) is 2.92. The number of aliphatic carboxylic acids is 1. The fourth-order valence-corrected chi connectivity index (χ4v) is 4.92. The highest BCUT2D eigenvalue weighted by Crippen LogP contribution is 2.32. The first-order valence-corrected chi connectivity index (χ1v) is 12.8. The summed E-state index contributed by atoms with van der Waals surface area (Å²) >= 11 is 6.58. The normalized spacial score (nSPS) is 14.6. The maximum absolute atomic E-state index is 10.8. The van der Waals surface area contributed by atoms with E-state index in [1.54, 1.807) is 13.3 Å². The molecule has 1 fully saturated rings. The van der Waals surface area contributed by atoms with Crippen LogP contribution in [0.4, 0.5) is 5.69 Å². The van der Waals surface area contributed by atoms with Crippen LogP contribution in [0.25, 0.3) is 22.6 Å². The summed E-state index contributed by atoms with van der Waals surface area (Å²) in [5, 5.41) is 13.1. The lowest BCUT2D eigenvalue weighted by molar-refractivity contribution is -0.136. The van der Waals surface area contributed by atoms with E-state index in [4.69, 9.17) is 21.4 Å². The Bertz CT molecular complexity index is 1360. The molecule has 0 spiro atoms. The first-order chi connectivity index (χ1) is 18.0. The third-order valence-corrected chi connectivity index (χ3v) is 7.12. The first-order valence-electron chi connectivity index (χ1n) is 12.5. The molecule has 0 radical (unpaired) electrons. The van der Waals surface area contributed by atoms with Gasteiger partial charge in [-0.25, -0.2) is 9.97 Å². The maximum Gasteiger partial charge on any atom is 0.303 e. The van der Waals surface area contributed by atoms with E-state index in [0.717, 1.165) is 60.6 Å². The summed E-state index contributed by atoms with van der Waals surface area (Å²) in [6.07, 6.45) is 4.27. The number of likely N-dealkylation sites (tertiary alicyclic amines) is 1. The molecular formula is C28H30ClN5O3. The summed E-state index contributed by atoms with van der Waals surface area (Å²) in [5.74, 6) is 0.779. The Morgan fingerprint density at radius 1 is 1.14 bits per heavy atom. The van der Waals surface area contributed by atoms with Crippen molar-refractivity contribution < 1.29 is 14.6 Å². The van der Waals surface area contributed by atoms with Crippen molar-refractivity contribution in [3.8, 4) is 17.1 Å². The molecule has 8 nitrogen and oxygen atoms in total. The number of fused-ring (bicyclic) bond motifs is 1. The average molecular weight is 520 g/mol. The zero-order chi connectivity index (χ0) is 25.8. The fraction of sp³-hybridized carbons (Fsp3) is 0.321. The van der Waals surface area contributed by atoms with Crippen molar-refractivity contribution in [2.45, 2.75) is 38.3 Å². The number of nitrogens with one attached hydrogen (secondary N) is 2. The molecule has 2 aromatic carbocycles. The topological polar surface area (TPSA) is 103 Å². The molecule has 0 unspecified atom stereocenters. The van der Waals surface area contributed by atoms with Gasteiger partial charge in [-0.2, -0.15) is 0 Å². The van der Waals surface area contributed by atoms with Crippen LogP contribution in [0.2, 0.25) is 5.02 Å². The van der Waals surface area contributed by atoms with Crippen LogP contribution in [0.1, 0.15) is 30.4 Å². The Hall–Kier alpha value is -3.62. The number of nitrogens with zero attached hydrogens (tertiary/aromatic N) is 3. The summed E-state index contributed by atoms with van der Waals surface area (Å²) < 4.78 is 5.26. The number of carboxylic acid groups (broad SMARTS) is 1. The van der Waals surface area contributed by atoms with Crippen LogP contribution in [0.3, 0.4) is 0 Å². The number of aryl methyl sites for hydroxylation is 1. The fourth-order valence-electron chi connectivity index (χ4n) is 4.72. The number of imidazole rings is 1. The van der Waals surface area contributed by atoms with Crippen LogP contribution < -0.4 is 10.1 Å². The number of rotatable bonds is 9. The van der Waals surface area contributed by atoms with Crippen molar-refractivity contribution in [1.29, 1.82) is 0 Å². The summed E-state index contributed by atoms with van der Waals surface area (Å²) in [5.41, 5.74) is 5.39. The quantitative estimate of drug-likeness (QED) is 0.273. The smallest absolute Gasteiger partial charge is 0.303 e. The largest absolute Gasteiger partial charge is 0.497 e. The van der Waals surface area contributed by atoms with Gasteiger partial charge in [-0.3, -0.25) is 9.69 Å². The molecule has 1 saturated heterocycles. The third kappa shape index (κ3) is 6.03. The molecule has 37 heavy (non-hydrogen) atoms. The van der Waals surface area contributed by atoms with Gasteiger partial charge in [-0.05, 0) is 42.5 Å². The lowest BCUT2D eigenvalue weighted by Gasteiger charge is -2.33. The number of methoxy groups -OCH3 is 1. The second kappa shape index (κ2) is 11.2. The van der Waals surface area contributed by atoms with Gasteiger partial charge in [-0.1, -0.05) is 48.0 Å². The van der Waals surface area contributed by atoms with E-state index in [2.05, 4.69) is 37.3 Å². The Morgan fingerprint density at radius 3 is 2.51 bits per heavy atom. The van der Waals surface area contributed by atoms with Gasteiger partial charge in [0.25, 0.3) is 0 Å². The second-order valence-electron chi connectivity index (χ2n) is 9.40. The number of hydrogen-bond donors (Lipinski definition) is 3. The van der Waals surface area contributed by atoms with E-state index in [-0.39, 0.29) is 6.42 Å². The molecule has 0 atom stereocenters. The molecule has 0 amide bonds. The minimum absolute atomic E-state index is 0.113. The van der Waals surface area contributed by atoms with E-state index < -0.39 is 5.97 Å². The molecule has 9 heteroatoms. The molecule has 3 heterocycles. The predicted octanol–water partition coefficient (Wildman–Crippen LogP) is 5.38. The highest BCUT2D eigenvalue weighted by Gasteiger charge is 2.22. The standard InChI is InChI=1S/C28H30ClN5O3/c1-37-22-9-4-19(5-10-22)17-34-14-12-21(13-15-34)31-25-23(29)16-30-28-26(25)32-27(33-28)20-7-2-18(3-8-20)6-11-24(35)36/h2-5,7-10,16,21H,6,11-15,17H2,1H3,(H,35,36)(H2,30,31,32,33). The highest BCUT2D eigenvalue weighted by molar-refractivity contribution is 6.34. The lowest BCUT2D eigenvalue weighted by atomic mass is 10.0. The number of pyridine rings is 1. The molecule has 2 aromatic heterocycles. The Labute approximate surface area is 220 Å². The van der Waals surface area contributed by atoms with Gasteiger partial charge >= 0.3 is 5.97 Å². The second-order valence-corrected chi connectivity index (χ2v) is 9.81. The van der Waals surface area contributed by atoms with E-state index in [0.29, 0.717) is 29.0 Å². The number of ether oxygens (including phenoxy) is 1.